The van der Waals surface area contributed by atoms with E-state index in [2.05, 4.69) is 76.8 Å². The SMILES string of the molecule is Cc1ccc(C[C]2([Ti+3])C=CC=C2)c(C)c1.[Cl-].[Cl-].[Cl-]. The Morgan fingerprint density at radius 3 is 2.06 bits per heavy atom. The molecule has 96 valence electrons. The number of rotatable bonds is 2. The maximum Gasteiger partial charge on any atom is -1.00 e. The summed E-state index contributed by atoms with van der Waals surface area (Å²) < 4.78 is 0.222. The van der Waals surface area contributed by atoms with Crippen LogP contribution in [0, 0.1) is 13.8 Å². The maximum atomic E-state index is 2.28. The molecule has 0 saturated carbocycles. The Morgan fingerprint density at radius 2 is 1.56 bits per heavy atom. The van der Waals surface area contributed by atoms with E-state index in [0.717, 1.165) is 6.42 Å². The van der Waals surface area contributed by atoms with Gasteiger partial charge in [0.1, 0.15) is 0 Å². The zero-order chi connectivity index (χ0) is 10.9. The van der Waals surface area contributed by atoms with Gasteiger partial charge in [-0.15, -0.1) is 0 Å². The van der Waals surface area contributed by atoms with Crippen LogP contribution in [0.3, 0.4) is 0 Å². The van der Waals surface area contributed by atoms with E-state index in [9.17, 15) is 0 Å². The first-order valence-electron chi connectivity index (χ1n) is 5.27. The fourth-order valence-electron chi connectivity index (χ4n) is 1.99. The van der Waals surface area contributed by atoms with Gasteiger partial charge in [-0.3, -0.25) is 0 Å². The molecule has 0 radical (unpaired) electrons. The molecule has 0 atom stereocenters. The van der Waals surface area contributed by atoms with E-state index in [1.807, 2.05) is 0 Å². The van der Waals surface area contributed by atoms with Gasteiger partial charge in [0.05, 0.1) is 0 Å². The van der Waals surface area contributed by atoms with Crippen LogP contribution in [0.5, 0.6) is 0 Å². The van der Waals surface area contributed by atoms with Crippen LogP contribution in [-0.2, 0) is 26.9 Å². The summed E-state index contributed by atoms with van der Waals surface area (Å²) in [5, 5.41) is 0. The Hall–Kier alpha value is 0.284. The van der Waals surface area contributed by atoms with E-state index in [-0.39, 0.29) is 40.9 Å². The molecule has 0 spiro atoms. The number of hydrogen-bond acceptors (Lipinski definition) is 0. The van der Waals surface area contributed by atoms with E-state index in [4.69, 9.17) is 0 Å². The summed E-state index contributed by atoms with van der Waals surface area (Å²) in [6.45, 7) is 4.35. The molecule has 18 heavy (non-hydrogen) atoms. The molecule has 0 amide bonds. The monoisotopic (exact) mass is 336 g/mol. The van der Waals surface area contributed by atoms with Gasteiger partial charge in [0.2, 0.25) is 0 Å². The molecule has 1 aliphatic rings. The third-order valence-corrected chi connectivity index (χ3v) is 3.68. The second-order valence-electron chi connectivity index (χ2n) is 4.37. The fraction of sp³-hybridized carbons (Fsp3) is 0.286. The Kier molecular flexibility index (Phi) is 9.67. The van der Waals surface area contributed by atoms with E-state index >= 15 is 0 Å². The minimum absolute atomic E-state index is 0. The third kappa shape index (κ3) is 5.11. The fourth-order valence-corrected chi connectivity index (χ4v) is 2.59. The molecule has 0 fully saturated rings. The van der Waals surface area contributed by atoms with Crippen LogP contribution in [0.25, 0.3) is 0 Å². The summed E-state index contributed by atoms with van der Waals surface area (Å²) in [5.41, 5.74) is 4.21. The van der Waals surface area contributed by atoms with Crippen molar-refractivity contribution in [2.75, 3.05) is 0 Å². The molecule has 1 aromatic carbocycles. The molecule has 1 aromatic rings. The molecule has 1 aliphatic carbocycles. The van der Waals surface area contributed by atoms with Gasteiger partial charge in [0.25, 0.3) is 0 Å². The topological polar surface area (TPSA) is 0 Å². The van der Waals surface area contributed by atoms with Crippen LogP contribution in [0.2, 0.25) is 3.72 Å². The van der Waals surface area contributed by atoms with Crippen molar-refractivity contribution in [3.63, 3.8) is 0 Å². The van der Waals surface area contributed by atoms with Crippen molar-refractivity contribution in [2.45, 2.75) is 24.0 Å². The Morgan fingerprint density at radius 1 is 1.00 bits per heavy atom. The van der Waals surface area contributed by atoms with Gasteiger partial charge >= 0.3 is 104 Å². The second kappa shape index (κ2) is 8.45. The van der Waals surface area contributed by atoms with Gasteiger partial charge in [-0.25, -0.2) is 0 Å². The molecule has 0 N–H and O–H groups in total. The van der Waals surface area contributed by atoms with E-state index < -0.39 is 0 Å². The number of aryl methyl sites for hydroxylation is 2. The molecule has 0 bridgehead atoms. The summed E-state index contributed by atoms with van der Waals surface area (Å²) in [6.07, 6.45) is 9.96. The summed E-state index contributed by atoms with van der Waals surface area (Å²) in [7, 11) is 0. The molecule has 0 aliphatic heterocycles. The maximum absolute atomic E-state index is 2.28. The average Bonchev–Trinajstić information content (AvgIpc) is 2.58. The number of halogens is 3. The van der Waals surface area contributed by atoms with Crippen LogP contribution in [0.15, 0.2) is 42.5 Å². The zero-order valence-electron chi connectivity index (χ0n) is 10.4. The van der Waals surface area contributed by atoms with E-state index in [1.165, 1.54) is 16.7 Å². The molecule has 0 heterocycles. The standard InChI is InChI=1S/C14H15.3ClH.Ti/c1-11-7-8-14(12(2)9-11)10-13-5-3-4-6-13;;;;/h3-9H,10H2,1-2H3;3*1H;/q;;;;+3/p-3. The predicted molar refractivity (Wildman–Crippen MR) is 60.6 cm³/mol. The van der Waals surface area contributed by atoms with Crippen LogP contribution >= 0.6 is 0 Å². The van der Waals surface area contributed by atoms with Crippen molar-refractivity contribution < 1.29 is 57.7 Å². The molecule has 0 unspecified atom stereocenters. The Labute approximate surface area is 140 Å². The van der Waals surface area contributed by atoms with Crippen molar-refractivity contribution in [1.82, 2.24) is 0 Å². The molecular weight excluding hydrogens is 322 g/mol. The summed E-state index contributed by atoms with van der Waals surface area (Å²) in [6, 6.07) is 6.73. The first kappa shape index (κ1) is 20.6. The van der Waals surface area contributed by atoms with Crippen molar-refractivity contribution >= 4 is 0 Å². The van der Waals surface area contributed by atoms with Gasteiger partial charge in [0.15, 0.2) is 0 Å². The average molecular weight is 338 g/mol. The van der Waals surface area contributed by atoms with Gasteiger partial charge in [-0.1, -0.05) is 0 Å². The quantitative estimate of drug-likeness (QED) is 0.473. The number of hydrogen-bond donors (Lipinski definition) is 0. The summed E-state index contributed by atoms with van der Waals surface area (Å²) in [4.78, 5) is 0. The molecule has 2 rings (SSSR count). The van der Waals surface area contributed by atoms with E-state index in [1.54, 1.807) is 0 Å². The largest absolute Gasteiger partial charge is 1.00 e. The second-order valence-corrected chi connectivity index (χ2v) is 5.82. The zero-order valence-corrected chi connectivity index (χ0v) is 14.2. The minimum Gasteiger partial charge on any atom is -1.00 e. The number of allylic oxidation sites excluding steroid dienone is 4. The van der Waals surface area contributed by atoms with Crippen LogP contribution in [0.4, 0.5) is 0 Å². The van der Waals surface area contributed by atoms with Gasteiger partial charge in [-0.2, -0.15) is 0 Å². The van der Waals surface area contributed by atoms with Crippen molar-refractivity contribution in [3.8, 4) is 0 Å². The Bertz CT molecular complexity index is 427. The smallest absolute Gasteiger partial charge is 1.00 e. The Balaban J connectivity index is 0. The molecule has 0 aromatic heterocycles. The van der Waals surface area contributed by atoms with E-state index in [0.29, 0.717) is 0 Å². The third-order valence-electron chi connectivity index (χ3n) is 2.88. The van der Waals surface area contributed by atoms with Crippen molar-refractivity contribution in [1.29, 1.82) is 0 Å². The minimum atomic E-state index is 0. The van der Waals surface area contributed by atoms with Crippen LogP contribution in [0.1, 0.15) is 16.7 Å². The first-order chi connectivity index (χ1) is 7.09. The van der Waals surface area contributed by atoms with Gasteiger partial charge < -0.3 is 37.2 Å². The number of benzene rings is 1. The predicted octanol–water partition coefficient (Wildman–Crippen LogP) is -5.31. The molecule has 0 nitrogen and oxygen atoms in total. The van der Waals surface area contributed by atoms with Crippen LogP contribution in [-0.4, -0.2) is 0 Å². The van der Waals surface area contributed by atoms with Crippen molar-refractivity contribution in [3.05, 3.63) is 59.2 Å². The molecular formula is C14H15Cl3Ti. The molecule has 4 heteroatoms. The summed E-state index contributed by atoms with van der Waals surface area (Å²) in [5.74, 6) is 0. The van der Waals surface area contributed by atoms with Crippen LogP contribution < -0.4 is 37.2 Å². The summed E-state index contributed by atoms with van der Waals surface area (Å²) >= 11 is 2.28. The molecule has 0 saturated heterocycles. The first-order valence-corrected chi connectivity index (χ1v) is 6.05. The van der Waals surface area contributed by atoms with Crippen molar-refractivity contribution in [2.24, 2.45) is 0 Å². The van der Waals surface area contributed by atoms with Gasteiger partial charge in [-0.05, 0) is 0 Å². The van der Waals surface area contributed by atoms with Gasteiger partial charge in [0, 0.05) is 0 Å². The normalized spacial score (nSPS) is 14.4.